The van der Waals surface area contributed by atoms with E-state index in [1.165, 1.54) is 5.56 Å². The Labute approximate surface area is 89.6 Å². The van der Waals surface area contributed by atoms with Gasteiger partial charge in [0, 0.05) is 0 Å². The summed E-state index contributed by atoms with van der Waals surface area (Å²) in [7, 11) is 0. The van der Waals surface area contributed by atoms with E-state index in [1.54, 1.807) is 0 Å². The van der Waals surface area contributed by atoms with Crippen molar-refractivity contribution < 1.29 is 4.74 Å². The third kappa shape index (κ3) is 3.29. The summed E-state index contributed by atoms with van der Waals surface area (Å²) in [5.74, 6) is 0.939. The molecule has 0 N–H and O–H groups in total. The standard InChI is InChI=1S/C11H13NOS/c1-2-13-11-6-4-3-5-10(11)7-8-12-9-14/h3-6H,2,7-8H2,1H3. The quantitative estimate of drug-likeness (QED) is 0.547. The van der Waals surface area contributed by atoms with Crippen molar-refractivity contribution in [3.63, 3.8) is 0 Å². The Morgan fingerprint density at radius 1 is 1.43 bits per heavy atom. The lowest BCUT2D eigenvalue weighted by Crippen LogP contribution is -1.97. The Kier molecular flexibility index (Phi) is 4.90. The molecule has 0 atom stereocenters. The number of ether oxygens (including phenoxy) is 1. The molecular formula is C11H13NOS. The van der Waals surface area contributed by atoms with Gasteiger partial charge in [0.15, 0.2) is 0 Å². The average molecular weight is 207 g/mol. The molecule has 0 aliphatic rings. The third-order valence-electron chi connectivity index (χ3n) is 1.83. The molecule has 0 saturated carbocycles. The first-order valence-electron chi connectivity index (χ1n) is 4.62. The van der Waals surface area contributed by atoms with Crippen molar-refractivity contribution >= 4 is 17.4 Å². The summed E-state index contributed by atoms with van der Waals surface area (Å²) >= 11 is 4.50. The van der Waals surface area contributed by atoms with Crippen molar-refractivity contribution in [2.24, 2.45) is 4.99 Å². The van der Waals surface area contributed by atoms with Gasteiger partial charge in [-0.1, -0.05) is 18.2 Å². The summed E-state index contributed by atoms with van der Waals surface area (Å²) < 4.78 is 5.48. The minimum Gasteiger partial charge on any atom is -0.494 e. The molecule has 0 amide bonds. The lowest BCUT2D eigenvalue weighted by Gasteiger charge is -2.07. The van der Waals surface area contributed by atoms with Crippen molar-refractivity contribution in [2.75, 3.05) is 13.2 Å². The Morgan fingerprint density at radius 3 is 2.93 bits per heavy atom. The van der Waals surface area contributed by atoms with Gasteiger partial charge in [-0.05, 0) is 37.2 Å². The van der Waals surface area contributed by atoms with Gasteiger partial charge in [0.2, 0.25) is 0 Å². The average Bonchev–Trinajstić information content (AvgIpc) is 2.21. The monoisotopic (exact) mass is 207 g/mol. The molecule has 0 aliphatic carbocycles. The van der Waals surface area contributed by atoms with Gasteiger partial charge in [-0.2, -0.15) is 0 Å². The van der Waals surface area contributed by atoms with Crippen LogP contribution >= 0.6 is 12.2 Å². The molecule has 14 heavy (non-hydrogen) atoms. The van der Waals surface area contributed by atoms with Gasteiger partial charge in [0.05, 0.1) is 18.3 Å². The van der Waals surface area contributed by atoms with Gasteiger partial charge in [0.1, 0.15) is 5.75 Å². The molecule has 1 aromatic rings. The van der Waals surface area contributed by atoms with E-state index in [2.05, 4.69) is 22.4 Å². The van der Waals surface area contributed by atoms with E-state index in [9.17, 15) is 0 Å². The van der Waals surface area contributed by atoms with E-state index in [4.69, 9.17) is 4.74 Å². The largest absolute Gasteiger partial charge is 0.494 e. The SMILES string of the molecule is CCOc1ccccc1CCN=C=S. The summed E-state index contributed by atoms with van der Waals surface area (Å²) in [6.45, 7) is 3.34. The lowest BCUT2D eigenvalue weighted by molar-refractivity contribution is 0.336. The maximum Gasteiger partial charge on any atom is 0.122 e. The molecule has 0 aliphatic heterocycles. The Balaban J connectivity index is 2.68. The summed E-state index contributed by atoms with van der Waals surface area (Å²) in [5.41, 5.74) is 1.17. The van der Waals surface area contributed by atoms with Crippen molar-refractivity contribution in [1.82, 2.24) is 0 Å². The maximum atomic E-state index is 5.48. The van der Waals surface area contributed by atoms with Gasteiger partial charge in [-0.15, -0.1) is 0 Å². The number of hydrogen-bond donors (Lipinski definition) is 0. The van der Waals surface area contributed by atoms with Crippen LogP contribution in [-0.4, -0.2) is 18.3 Å². The van der Waals surface area contributed by atoms with E-state index in [0.717, 1.165) is 12.2 Å². The fourth-order valence-electron chi connectivity index (χ4n) is 1.23. The number of aliphatic imine (C=N–C) groups is 1. The van der Waals surface area contributed by atoms with Gasteiger partial charge >= 0.3 is 0 Å². The Hall–Kier alpha value is -1.18. The second-order valence-corrected chi connectivity index (χ2v) is 2.95. The van der Waals surface area contributed by atoms with Crippen LogP contribution in [0.25, 0.3) is 0 Å². The molecule has 0 saturated heterocycles. The Morgan fingerprint density at radius 2 is 2.21 bits per heavy atom. The topological polar surface area (TPSA) is 21.6 Å². The van der Waals surface area contributed by atoms with Gasteiger partial charge in [-0.3, -0.25) is 0 Å². The van der Waals surface area contributed by atoms with E-state index < -0.39 is 0 Å². The molecule has 1 aromatic carbocycles. The van der Waals surface area contributed by atoms with Crippen molar-refractivity contribution in [3.05, 3.63) is 29.8 Å². The van der Waals surface area contributed by atoms with Crippen LogP contribution in [0, 0.1) is 0 Å². The van der Waals surface area contributed by atoms with Crippen molar-refractivity contribution in [3.8, 4) is 5.75 Å². The highest BCUT2D eigenvalue weighted by Gasteiger charge is 2.00. The molecule has 0 unspecified atom stereocenters. The highest BCUT2D eigenvalue weighted by Crippen LogP contribution is 2.18. The highest BCUT2D eigenvalue weighted by molar-refractivity contribution is 7.78. The maximum absolute atomic E-state index is 5.48. The number of nitrogens with zero attached hydrogens (tertiary/aromatic N) is 1. The predicted octanol–water partition coefficient (Wildman–Crippen LogP) is 2.73. The lowest BCUT2D eigenvalue weighted by atomic mass is 10.1. The minimum atomic E-state index is 0.674. The van der Waals surface area contributed by atoms with Crippen LogP contribution in [-0.2, 0) is 6.42 Å². The van der Waals surface area contributed by atoms with Gasteiger partial charge < -0.3 is 4.74 Å². The normalized spacial score (nSPS) is 9.21. The van der Waals surface area contributed by atoms with Crippen LogP contribution in [0.5, 0.6) is 5.75 Å². The van der Waals surface area contributed by atoms with Crippen LogP contribution in [0.3, 0.4) is 0 Å². The van der Waals surface area contributed by atoms with Gasteiger partial charge in [0.25, 0.3) is 0 Å². The fourth-order valence-corrected chi connectivity index (χ4v) is 1.32. The molecular weight excluding hydrogens is 194 g/mol. The third-order valence-corrected chi connectivity index (χ3v) is 1.96. The summed E-state index contributed by atoms with van der Waals surface area (Å²) in [6.07, 6.45) is 0.847. The number of thiocarbonyl (C=S) groups is 1. The van der Waals surface area contributed by atoms with Crippen LogP contribution < -0.4 is 4.74 Å². The number of rotatable bonds is 5. The molecule has 1 rings (SSSR count). The number of para-hydroxylation sites is 1. The second kappa shape index (κ2) is 6.30. The number of isothiocyanates is 1. The molecule has 0 radical (unpaired) electrons. The molecule has 74 valence electrons. The first-order chi connectivity index (χ1) is 6.88. The van der Waals surface area contributed by atoms with E-state index >= 15 is 0 Å². The highest BCUT2D eigenvalue weighted by atomic mass is 32.1. The summed E-state index contributed by atoms with van der Waals surface area (Å²) in [5, 5.41) is 2.36. The fraction of sp³-hybridized carbons (Fsp3) is 0.364. The number of hydrogen-bond acceptors (Lipinski definition) is 3. The number of benzene rings is 1. The molecule has 0 bridgehead atoms. The first-order valence-corrected chi connectivity index (χ1v) is 5.03. The van der Waals surface area contributed by atoms with Crippen LogP contribution in [0.2, 0.25) is 0 Å². The minimum absolute atomic E-state index is 0.674. The Bertz CT molecular complexity index is 332. The zero-order valence-corrected chi connectivity index (χ0v) is 9.01. The molecule has 0 fully saturated rings. The second-order valence-electron chi connectivity index (χ2n) is 2.76. The molecule has 3 heteroatoms. The van der Waals surface area contributed by atoms with Gasteiger partial charge in [-0.25, -0.2) is 4.99 Å². The summed E-state index contributed by atoms with van der Waals surface area (Å²) in [6, 6.07) is 7.99. The zero-order chi connectivity index (χ0) is 10.2. The molecule has 0 spiro atoms. The van der Waals surface area contributed by atoms with Crippen LogP contribution in [0.1, 0.15) is 12.5 Å². The molecule has 2 nitrogen and oxygen atoms in total. The van der Waals surface area contributed by atoms with Crippen molar-refractivity contribution in [1.29, 1.82) is 0 Å². The predicted molar refractivity (Wildman–Crippen MR) is 61.2 cm³/mol. The van der Waals surface area contributed by atoms with Crippen LogP contribution in [0.4, 0.5) is 0 Å². The van der Waals surface area contributed by atoms with E-state index in [1.807, 2.05) is 31.2 Å². The van der Waals surface area contributed by atoms with E-state index in [0.29, 0.717) is 13.2 Å². The molecule has 0 aromatic heterocycles. The molecule has 0 heterocycles. The van der Waals surface area contributed by atoms with Crippen LogP contribution in [0.15, 0.2) is 29.3 Å². The first kappa shape index (κ1) is 10.9. The zero-order valence-electron chi connectivity index (χ0n) is 8.19. The van der Waals surface area contributed by atoms with E-state index in [-0.39, 0.29) is 0 Å². The smallest absolute Gasteiger partial charge is 0.122 e. The van der Waals surface area contributed by atoms with Crippen molar-refractivity contribution in [2.45, 2.75) is 13.3 Å². The summed E-state index contributed by atoms with van der Waals surface area (Å²) in [4.78, 5) is 3.88.